The number of hydrogen-bond donors (Lipinski definition) is 0. The number of esters is 1. The minimum absolute atomic E-state index is 0.325. The van der Waals surface area contributed by atoms with Crippen LogP contribution in [0.4, 0.5) is 5.82 Å². The van der Waals surface area contributed by atoms with Gasteiger partial charge in [-0.1, -0.05) is 12.1 Å². The van der Waals surface area contributed by atoms with E-state index in [0.29, 0.717) is 18.8 Å². The third kappa shape index (κ3) is 4.10. The number of imidazole rings is 1. The van der Waals surface area contributed by atoms with Crippen LogP contribution in [-0.4, -0.2) is 52.2 Å². The van der Waals surface area contributed by atoms with Crippen molar-refractivity contribution in [3.8, 4) is 11.3 Å². The van der Waals surface area contributed by atoms with E-state index in [2.05, 4.69) is 9.30 Å². The summed E-state index contributed by atoms with van der Waals surface area (Å²) in [6, 6.07) is 7.41. The lowest BCUT2D eigenvalue weighted by molar-refractivity contribution is 0.00695. The summed E-state index contributed by atoms with van der Waals surface area (Å²) in [4.78, 5) is 23.9. The molecular weight excluding hydrogens is 368 g/mol. The molecule has 0 saturated carbocycles. The highest BCUT2D eigenvalue weighted by Gasteiger charge is 2.20. The summed E-state index contributed by atoms with van der Waals surface area (Å²) in [5.74, 6) is 0.545. The minimum Gasteiger partial charge on any atom is -0.456 e. The molecule has 3 heterocycles. The average molecular weight is 394 g/mol. The van der Waals surface area contributed by atoms with Crippen molar-refractivity contribution in [3.05, 3.63) is 47.9 Å². The molecule has 3 aromatic rings. The maximum absolute atomic E-state index is 12.3. The van der Waals surface area contributed by atoms with Gasteiger partial charge in [-0.25, -0.2) is 14.8 Å². The van der Waals surface area contributed by atoms with Gasteiger partial charge in [-0.3, -0.25) is 4.40 Å². The summed E-state index contributed by atoms with van der Waals surface area (Å²) in [5.41, 5.74) is 3.65. The topological polar surface area (TPSA) is 69.0 Å². The van der Waals surface area contributed by atoms with Gasteiger partial charge in [-0.05, 0) is 39.8 Å². The molecule has 1 aromatic carbocycles. The molecule has 0 bridgehead atoms. The van der Waals surface area contributed by atoms with E-state index in [1.54, 1.807) is 12.1 Å². The number of aryl methyl sites for hydroxylation is 1. The Labute approximate surface area is 170 Å². The molecule has 4 rings (SSSR count). The van der Waals surface area contributed by atoms with E-state index in [1.807, 2.05) is 52.2 Å². The van der Waals surface area contributed by atoms with Gasteiger partial charge in [0.05, 0.1) is 36.4 Å². The molecule has 1 aliphatic rings. The normalized spacial score (nSPS) is 15.0. The van der Waals surface area contributed by atoms with Crippen LogP contribution in [0.5, 0.6) is 0 Å². The summed E-state index contributed by atoms with van der Waals surface area (Å²) in [7, 11) is 0. The lowest BCUT2D eigenvalue weighted by atomic mass is 10.1. The quantitative estimate of drug-likeness (QED) is 0.634. The number of carbonyl (C=O) groups excluding carboxylic acids is 1. The number of aromatic nitrogens is 3. The van der Waals surface area contributed by atoms with Crippen LogP contribution in [0.2, 0.25) is 0 Å². The van der Waals surface area contributed by atoms with E-state index in [1.165, 1.54) is 0 Å². The molecule has 0 unspecified atom stereocenters. The van der Waals surface area contributed by atoms with Crippen molar-refractivity contribution < 1.29 is 14.3 Å². The molecule has 0 aliphatic carbocycles. The van der Waals surface area contributed by atoms with Crippen molar-refractivity contribution in [2.75, 3.05) is 31.2 Å². The first-order chi connectivity index (χ1) is 13.8. The number of carbonyl (C=O) groups is 1. The molecular formula is C22H26N4O3. The Morgan fingerprint density at radius 1 is 1.14 bits per heavy atom. The number of hydrogen-bond acceptors (Lipinski definition) is 6. The standard InChI is InChI=1S/C22H26N4O3/c1-15-14-26-18(13-23-19(20(26)24-15)25-9-11-28-12-10-25)16-5-7-17(8-6-16)21(27)29-22(2,3)4/h5-8,13-14H,9-12H2,1-4H3. The van der Waals surface area contributed by atoms with Gasteiger partial charge >= 0.3 is 5.97 Å². The van der Waals surface area contributed by atoms with Gasteiger partial charge in [0, 0.05) is 24.8 Å². The van der Waals surface area contributed by atoms with Gasteiger partial charge in [-0.15, -0.1) is 0 Å². The Bertz CT molecular complexity index is 1030. The largest absolute Gasteiger partial charge is 0.456 e. The molecule has 7 heteroatoms. The van der Waals surface area contributed by atoms with Crippen molar-refractivity contribution in [1.82, 2.24) is 14.4 Å². The molecule has 152 valence electrons. The zero-order valence-corrected chi connectivity index (χ0v) is 17.3. The summed E-state index contributed by atoms with van der Waals surface area (Å²) in [6.07, 6.45) is 3.87. The third-order valence-corrected chi connectivity index (χ3v) is 4.72. The van der Waals surface area contributed by atoms with E-state index in [9.17, 15) is 4.79 Å². The first-order valence-corrected chi connectivity index (χ1v) is 9.83. The van der Waals surface area contributed by atoms with Crippen molar-refractivity contribution in [3.63, 3.8) is 0 Å². The van der Waals surface area contributed by atoms with Crippen molar-refractivity contribution in [2.24, 2.45) is 0 Å². The van der Waals surface area contributed by atoms with Crippen LogP contribution in [0.3, 0.4) is 0 Å². The summed E-state index contributed by atoms with van der Waals surface area (Å²) < 4.78 is 13.0. The van der Waals surface area contributed by atoms with Crippen molar-refractivity contribution in [2.45, 2.75) is 33.3 Å². The lowest BCUT2D eigenvalue weighted by Crippen LogP contribution is -2.37. The van der Waals surface area contributed by atoms with Gasteiger partial charge in [0.1, 0.15) is 5.60 Å². The van der Waals surface area contributed by atoms with Crippen LogP contribution in [-0.2, 0) is 9.47 Å². The molecule has 2 aromatic heterocycles. The van der Waals surface area contributed by atoms with Crippen LogP contribution in [0, 0.1) is 6.92 Å². The second kappa shape index (κ2) is 7.48. The molecule has 0 N–H and O–H groups in total. The van der Waals surface area contributed by atoms with Crippen molar-refractivity contribution >= 4 is 17.4 Å². The number of benzene rings is 1. The van der Waals surface area contributed by atoms with Gasteiger partial charge in [-0.2, -0.15) is 0 Å². The van der Waals surface area contributed by atoms with E-state index < -0.39 is 5.60 Å². The van der Waals surface area contributed by atoms with Crippen LogP contribution in [0.1, 0.15) is 36.8 Å². The Morgan fingerprint density at radius 2 is 1.83 bits per heavy atom. The van der Waals surface area contributed by atoms with Gasteiger partial charge in [0.25, 0.3) is 0 Å². The molecule has 29 heavy (non-hydrogen) atoms. The summed E-state index contributed by atoms with van der Waals surface area (Å²) in [6.45, 7) is 10.6. The molecule has 0 radical (unpaired) electrons. The Hall–Kier alpha value is -2.93. The average Bonchev–Trinajstić information content (AvgIpc) is 3.08. The number of morpholine rings is 1. The second-order valence-electron chi connectivity index (χ2n) is 8.22. The highest BCUT2D eigenvalue weighted by Crippen LogP contribution is 2.27. The molecule has 0 atom stereocenters. The molecule has 0 amide bonds. The number of fused-ring (bicyclic) bond motifs is 1. The monoisotopic (exact) mass is 394 g/mol. The van der Waals surface area contributed by atoms with Gasteiger partial charge < -0.3 is 14.4 Å². The fourth-order valence-corrected chi connectivity index (χ4v) is 3.41. The van der Waals surface area contributed by atoms with Gasteiger partial charge in [0.15, 0.2) is 11.5 Å². The van der Waals surface area contributed by atoms with Crippen LogP contribution < -0.4 is 4.90 Å². The molecule has 1 aliphatic heterocycles. The predicted molar refractivity (Wildman–Crippen MR) is 111 cm³/mol. The second-order valence-corrected chi connectivity index (χ2v) is 8.22. The van der Waals surface area contributed by atoms with Gasteiger partial charge in [0.2, 0.25) is 0 Å². The SMILES string of the molecule is Cc1cn2c(-c3ccc(C(=O)OC(C)(C)C)cc3)cnc(N3CCOCC3)c2n1. The van der Waals surface area contributed by atoms with Crippen LogP contribution in [0.15, 0.2) is 36.7 Å². The minimum atomic E-state index is -0.518. The smallest absolute Gasteiger partial charge is 0.338 e. The number of rotatable bonds is 3. The molecule has 1 fully saturated rings. The number of anilines is 1. The Morgan fingerprint density at radius 3 is 2.48 bits per heavy atom. The fourth-order valence-electron chi connectivity index (χ4n) is 3.41. The highest BCUT2D eigenvalue weighted by atomic mass is 16.6. The van der Waals surface area contributed by atoms with E-state index in [4.69, 9.17) is 19.4 Å². The first-order valence-electron chi connectivity index (χ1n) is 9.83. The number of ether oxygens (including phenoxy) is 2. The maximum Gasteiger partial charge on any atom is 0.338 e. The summed E-state index contributed by atoms with van der Waals surface area (Å²) in [5, 5.41) is 0. The first kappa shape index (κ1) is 19.4. The lowest BCUT2D eigenvalue weighted by Gasteiger charge is -2.28. The third-order valence-electron chi connectivity index (χ3n) is 4.72. The van der Waals surface area contributed by atoms with Crippen molar-refractivity contribution in [1.29, 1.82) is 0 Å². The highest BCUT2D eigenvalue weighted by molar-refractivity contribution is 5.90. The molecule has 1 saturated heterocycles. The maximum atomic E-state index is 12.3. The van der Waals surface area contributed by atoms with Crippen LogP contribution in [0.25, 0.3) is 16.9 Å². The predicted octanol–water partition coefficient (Wildman–Crippen LogP) is 3.50. The summed E-state index contributed by atoms with van der Waals surface area (Å²) >= 11 is 0. The molecule has 0 spiro atoms. The zero-order chi connectivity index (χ0) is 20.6. The Balaban J connectivity index is 1.68. The van der Waals surface area contributed by atoms with E-state index >= 15 is 0 Å². The number of nitrogens with zero attached hydrogens (tertiary/aromatic N) is 4. The fraction of sp³-hybridized carbons (Fsp3) is 0.409. The Kier molecular flexibility index (Phi) is 5.00. The zero-order valence-electron chi connectivity index (χ0n) is 17.3. The van der Waals surface area contributed by atoms with Crippen LogP contribution >= 0.6 is 0 Å². The molecule has 7 nitrogen and oxygen atoms in total. The van der Waals surface area contributed by atoms with E-state index in [0.717, 1.165) is 41.5 Å². The van der Waals surface area contributed by atoms with E-state index in [-0.39, 0.29) is 5.97 Å².